The molecule has 106 valence electrons. The van der Waals surface area contributed by atoms with Crippen molar-refractivity contribution < 1.29 is 0 Å². The maximum absolute atomic E-state index is 4.38. The van der Waals surface area contributed by atoms with Crippen LogP contribution in [0.5, 0.6) is 0 Å². The molecule has 0 saturated carbocycles. The van der Waals surface area contributed by atoms with Gasteiger partial charge in [-0.15, -0.1) is 0 Å². The highest BCUT2D eigenvalue weighted by atomic mass is 15.2. The first-order valence-corrected chi connectivity index (χ1v) is 6.54. The van der Waals surface area contributed by atoms with Crippen LogP contribution in [0.4, 0.5) is 17.6 Å². The number of hydrogen-bond acceptors (Lipinski definition) is 6. The van der Waals surface area contributed by atoms with Crippen molar-refractivity contribution in [2.24, 2.45) is 0 Å². The Bertz CT molecular complexity index is 708. The number of pyridine rings is 1. The number of aromatic nitrogens is 5. The first-order chi connectivity index (χ1) is 10.3. The summed E-state index contributed by atoms with van der Waals surface area (Å²) in [5.74, 6) is 1.96. The largest absolute Gasteiger partial charge is 0.350 e. The lowest BCUT2D eigenvalue weighted by Crippen LogP contribution is -2.05. The fraction of sp³-hybridized carbons (Fsp3) is 0.143. The van der Waals surface area contributed by atoms with Crippen molar-refractivity contribution in [2.75, 3.05) is 10.6 Å². The van der Waals surface area contributed by atoms with Crippen LogP contribution < -0.4 is 10.6 Å². The molecule has 0 saturated heterocycles. The number of nitrogens with one attached hydrogen (secondary N) is 3. The van der Waals surface area contributed by atoms with E-state index in [-0.39, 0.29) is 0 Å². The van der Waals surface area contributed by atoms with Crippen molar-refractivity contribution >= 4 is 17.6 Å². The average Bonchev–Trinajstić information content (AvgIpc) is 2.92. The summed E-state index contributed by atoms with van der Waals surface area (Å²) < 4.78 is 0. The minimum absolute atomic E-state index is 0.552. The Morgan fingerprint density at radius 3 is 2.90 bits per heavy atom. The second-order valence-corrected chi connectivity index (χ2v) is 4.54. The van der Waals surface area contributed by atoms with E-state index >= 15 is 0 Å². The molecule has 0 unspecified atom stereocenters. The van der Waals surface area contributed by atoms with Crippen LogP contribution >= 0.6 is 0 Å². The van der Waals surface area contributed by atoms with Gasteiger partial charge in [0.15, 0.2) is 5.82 Å². The summed E-state index contributed by atoms with van der Waals surface area (Å²) in [7, 11) is 0. The van der Waals surface area contributed by atoms with E-state index in [1.807, 2.05) is 31.3 Å². The van der Waals surface area contributed by atoms with Crippen LogP contribution in [0.3, 0.4) is 0 Å². The molecule has 21 heavy (non-hydrogen) atoms. The van der Waals surface area contributed by atoms with Crippen LogP contribution in [0.25, 0.3) is 0 Å². The molecule has 7 heteroatoms. The Hall–Kier alpha value is -2.96. The number of rotatable bonds is 5. The van der Waals surface area contributed by atoms with Gasteiger partial charge in [0.25, 0.3) is 0 Å². The third-order valence-corrected chi connectivity index (χ3v) is 2.79. The molecule has 0 bridgehead atoms. The predicted octanol–water partition coefficient (Wildman–Crippen LogP) is 2.26. The topological polar surface area (TPSA) is 91.4 Å². The summed E-state index contributed by atoms with van der Waals surface area (Å²) in [6, 6.07) is 7.59. The van der Waals surface area contributed by atoms with E-state index in [4.69, 9.17) is 0 Å². The first-order valence-electron chi connectivity index (χ1n) is 6.54. The fourth-order valence-corrected chi connectivity index (χ4v) is 1.81. The number of aromatic amines is 1. The summed E-state index contributed by atoms with van der Waals surface area (Å²) >= 11 is 0. The SMILES string of the molecule is Cc1cc(Nc2ccnc(NCc3cccnc3)n2)n[nH]1. The molecule has 0 amide bonds. The molecular formula is C14H15N7. The molecule has 0 spiro atoms. The summed E-state index contributed by atoms with van der Waals surface area (Å²) in [4.78, 5) is 12.6. The Morgan fingerprint density at radius 1 is 1.19 bits per heavy atom. The smallest absolute Gasteiger partial charge is 0.224 e. The van der Waals surface area contributed by atoms with Crippen molar-refractivity contribution in [1.82, 2.24) is 25.1 Å². The molecule has 3 aromatic rings. The third-order valence-electron chi connectivity index (χ3n) is 2.79. The monoisotopic (exact) mass is 281 g/mol. The van der Waals surface area contributed by atoms with Crippen molar-refractivity contribution in [3.05, 3.63) is 54.1 Å². The van der Waals surface area contributed by atoms with Gasteiger partial charge in [-0.05, 0) is 24.6 Å². The van der Waals surface area contributed by atoms with Crippen LogP contribution in [0.1, 0.15) is 11.3 Å². The average molecular weight is 281 g/mol. The lowest BCUT2D eigenvalue weighted by atomic mass is 10.3. The predicted molar refractivity (Wildman–Crippen MR) is 80.2 cm³/mol. The van der Waals surface area contributed by atoms with E-state index in [1.54, 1.807) is 18.5 Å². The quantitative estimate of drug-likeness (QED) is 0.664. The van der Waals surface area contributed by atoms with Crippen LogP contribution in [-0.4, -0.2) is 25.1 Å². The molecule has 3 rings (SSSR count). The van der Waals surface area contributed by atoms with Gasteiger partial charge in [0.2, 0.25) is 5.95 Å². The fourth-order valence-electron chi connectivity index (χ4n) is 1.81. The highest BCUT2D eigenvalue weighted by Crippen LogP contribution is 2.13. The Morgan fingerprint density at radius 2 is 2.14 bits per heavy atom. The Kier molecular flexibility index (Phi) is 3.72. The molecule has 0 aliphatic carbocycles. The second-order valence-electron chi connectivity index (χ2n) is 4.54. The zero-order valence-electron chi connectivity index (χ0n) is 11.5. The first kappa shape index (κ1) is 13.0. The molecule has 0 aliphatic rings. The number of aryl methyl sites for hydroxylation is 1. The van der Waals surface area contributed by atoms with Gasteiger partial charge < -0.3 is 10.6 Å². The molecule has 3 aromatic heterocycles. The van der Waals surface area contributed by atoms with Gasteiger partial charge in [-0.2, -0.15) is 10.1 Å². The lowest BCUT2D eigenvalue weighted by molar-refractivity contribution is 1.03. The second kappa shape index (κ2) is 6.00. The number of H-pyrrole nitrogens is 1. The summed E-state index contributed by atoms with van der Waals surface area (Å²) in [5, 5.41) is 13.3. The van der Waals surface area contributed by atoms with E-state index in [0.29, 0.717) is 18.3 Å². The van der Waals surface area contributed by atoms with Gasteiger partial charge in [0.1, 0.15) is 5.82 Å². The molecule has 7 nitrogen and oxygen atoms in total. The normalized spacial score (nSPS) is 10.3. The van der Waals surface area contributed by atoms with Gasteiger partial charge in [-0.1, -0.05) is 6.07 Å². The van der Waals surface area contributed by atoms with Crippen molar-refractivity contribution in [2.45, 2.75) is 13.5 Å². The highest BCUT2D eigenvalue weighted by molar-refractivity contribution is 5.52. The summed E-state index contributed by atoms with van der Waals surface area (Å²) in [6.45, 7) is 2.57. The van der Waals surface area contributed by atoms with Crippen molar-refractivity contribution in [1.29, 1.82) is 0 Å². The Balaban J connectivity index is 1.65. The number of nitrogens with zero attached hydrogens (tertiary/aromatic N) is 4. The molecule has 3 N–H and O–H groups in total. The number of anilines is 3. The molecule has 3 heterocycles. The van der Waals surface area contributed by atoms with Crippen LogP contribution in [0, 0.1) is 6.92 Å². The maximum Gasteiger partial charge on any atom is 0.224 e. The zero-order chi connectivity index (χ0) is 14.5. The molecule has 0 radical (unpaired) electrons. The standard InChI is InChI=1S/C14H15N7/c1-10-7-13(21-20-10)18-12-4-6-16-14(19-12)17-9-11-3-2-5-15-8-11/h2-8H,9H2,1H3,(H3,16,17,18,19,20,21). The summed E-state index contributed by atoms with van der Waals surface area (Å²) in [5.41, 5.74) is 2.06. The van der Waals surface area contributed by atoms with Gasteiger partial charge in [0.05, 0.1) is 0 Å². The number of hydrogen-bond donors (Lipinski definition) is 3. The van der Waals surface area contributed by atoms with E-state index in [2.05, 4.69) is 35.8 Å². The molecule has 0 aliphatic heterocycles. The van der Waals surface area contributed by atoms with Crippen molar-refractivity contribution in [3.8, 4) is 0 Å². The van der Waals surface area contributed by atoms with E-state index in [9.17, 15) is 0 Å². The van der Waals surface area contributed by atoms with Gasteiger partial charge in [0, 0.05) is 36.9 Å². The highest BCUT2D eigenvalue weighted by Gasteiger charge is 2.02. The van der Waals surface area contributed by atoms with Crippen LogP contribution in [0.15, 0.2) is 42.9 Å². The van der Waals surface area contributed by atoms with Crippen LogP contribution in [0.2, 0.25) is 0 Å². The molecular weight excluding hydrogens is 266 g/mol. The lowest BCUT2D eigenvalue weighted by Gasteiger charge is -2.06. The molecule has 0 fully saturated rings. The van der Waals surface area contributed by atoms with E-state index in [1.165, 1.54) is 0 Å². The van der Waals surface area contributed by atoms with Gasteiger partial charge >= 0.3 is 0 Å². The van der Waals surface area contributed by atoms with Gasteiger partial charge in [-0.3, -0.25) is 10.1 Å². The van der Waals surface area contributed by atoms with E-state index < -0.39 is 0 Å². The van der Waals surface area contributed by atoms with Crippen molar-refractivity contribution in [3.63, 3.8) is 0 Å². The summed E-state index contributed by atoms with van der Waals surface area (Å²) in [6.07, 6.45) is 5.25. The minimum atomic E-state index is 0.552. The molecule has 0 aromatic carbocycles. The Labute approximate surface area is 121 Å². The van der Waals surface area contributed by atoms with Crippen LogP contribution in [-0.2, 0) is 6.54 Å². The third kappa shape index (κ3) is 3.53. The van der Waals surface area contributed by atoms with E-state index in [0.717, 1.165) is 17.1 Å². The minimum Gasteiger partial charge on any atom is -0.350 e. The van der Waals surface area contributed by atoms with Gasteiger partial charge in [-0.25, -0.2) is 4.98 Å². The maximum atomic E-state index is 4.38. The zero-order valence-corrected chi connectivity index (χ0v) is 11.5. The molecule has 0 atom stereocenters.